The fourth-order valence-electron chi connectivity index (χ4n) is 2.46. The normalized spacial score (nSPS) is 14.5. The molecule has 0 atom stereocenters. The minimum atomic E-state index is -0.00881. The topological polar surface area (TPSA) is 52.9 Å². The number of aromatic hydroxyl groups is 1. The molecule has 0 radical (unpaired) electrons. The summed E-state index contributed by atoms with van der Waals surface area (Å²) in [6.45, 7) is 2.11. The molecular weight excluding hydrogens is 264 g/mol. The lowest BCUT2D eigenvalue weighted by molar-refractivity contribution is -0.116. The number of benzodiazepines with no additional fused rings is 1. The van der Waals surface area contributed by atoms with Gasteiger partial charge in [0.15, 0.2) is 0 Å². The number of fused-ring (bicyclic) bond motifs is 1. The van der Waals surface area contributed by atoms with Gasteiger partial charge in [-0.3, -0.25) is 9.79 Å². The van der Waals surface area contributed by atoms with E-state index < -0.39 is 0 Å². The lowest BCUT2D eigenvalue weighted by atomic mass is 9.99. The summed E-state index contributed by atoms with van der Waals surface area (Å²) in [5.74, 6) is 0.238. The highest BCUT2D eigenvalue weighted by Gasteiger charge is 2.19. The van der Waals surface area contributed by atoms with Crippen LogP contribution >= 0.6 is 0 Å². The predicted octanol–water partition coefficient (Wildman–Crippen LogP) is 2.84. The van der Waals surface area contributed by atoms with Crippen molar-refractivity contribution in [1.82, 2.24) is 0 Å². The average molecular weight is 280 g/mol. The van der Waals surface area contributed by atoms with Crippen LogP contribution < -0.4 is 4.90 Å². The van der Waals surface area contributed by atoms with Crippen LogP contribution in [0.2, 0.25) is 0 Å². The third-order valence-corrected chi connectivity index (χ3v) is 3.77. The molecule has 0 bridgehead atoms. The number of aliphatic imine (C=N–C) groups is 1. The third kappa shape index (κ3) is 2.40. The molecule has 1 amide bonds. The van der Waals surface area contributed by atoms with Gasteiger partial charge in [0.05, 0.1) is 5.69 Å². The Morgan fingerprint density at radius 1 is 1.10 bits per heavy atom. The first-order valence-corrected chi connectivity index (χ1v) is 6.77. The zero-order valence-electron chi connectivity index (χ0n) is 12.0. The van der Waals surface area contributed by atoms with Gasteiger partial charge in [-0.05, 0) is 42.3 Å². The van der Waals surface area contributed by atoms with E-state index in [9.17, 15) is 9.90 Å². The second-order valence-corrected chi connectivity index (χ2v) is 5.13. The van der Waals surface area contributed by atoms with E-state index in [2.05, 4.69) is 4.99 Å². The maximum atomic E-state index is 11.9. The number of rotatable bonds is 1. The number of anilines is 1. The number of likely N-dealkylation sites (N-methyl/N-ethyl adjacent to an activating group) is 1. The maximum Gasteiger partial charge on any atom is 0.248 e. The average Bonchev–Trinajstić information content (AvgIpc) is 2.60. The number of amides is 1. The third-order valence-electron chi connectivity index (χ3n) is 3.77. The van der Waals surface area contributed by atoms with Crippen molar-refractivity contribution in [2.24, 2.45) is 4.99 Å². The Morgan fingerprint density at radius 3 is 2.48 bits per heavy atom. The van der Waals surface area contributed by atoms with Gasteiger partial charge in [0, 0.05) is 18.3 Å². The highest BCUT2D eigenvalue weighted by atomic mass is 16.3. The van der Waals surface area contributed by atoms with Gasteiger partial charge in [-0.25, -0.2) is 0 Å². The summed E-state index contributed by atoms with van der Waals surface area (Å²) in [4.78, 5) is 17.9. The first-order valence-electron chi connectivity index (χ1n) is 6.77. The highest BCUT2D eigenvalue weighted by Crippen LogP contribution is 2.29. The molecule has 0 spiro atoms. The van der Waals surface area contributed by atoms with E-state index in [0.717, 1.165) is 28.1 Å². The molecule has 2 aromatic carbocycles. The highest BCUT2D eigenvalue weighted by molar-refractivity contribution is 6.11. The summed E-state index contributed by atoms with van der Waals surface area (Å²) < 4.78 is 0. The van der Waals surface area contributed by atoms with Gasteiger partial charge in [-0.2, -0.15) is 0 Å². The lowest BCUT2D eigenvalue weighted by Gasteiger charge is -2.18. The number of carbonyl (C=O) groups is 1. The van der Waals surface area contributed by atoms with Crippen molar-refractivity contribution in [2.75, 3.05) is 18.5 Å². The standard InChI is InChI=1S/C17H16N2O2/c1-11-15-9-13(12-3-6-14(20)7-4-12)5-8-16(15)19(2)17(21)10-18-11/h3-9,20H,10H2,1-2H3. The Kier molecular flexibility index (Phi) is 3.22. The van der Waals surface area contributed by atoms with E-state index in [1.54, 1.807) is 24.1 Å². The SMILES string of the molecule is CC1=NCC(=O)N(C)c2ccc(-c3ccc(O)cc3)cc21. The second-order valence-electron chi connectivity index (χ2n) is 5.13. The molecule has 4 heteroatoms. The molecule has 3 rings (SSSR count). The first-order chi connectivity index (χ1) is 10.1. The van der Waals surface area contributed by atoms with E-state index in [1.807, 2.05) is 37.3 Å². The summed E-state index contributed by atoms with van der Waals surface area (Å²) >= 11 is 0. The van der Waals surface area contributed by atoms with Crippen molar-refractivity contribution in [2.45, 2.75) is 6.92 Å². The first kappa shape index (κ1) is 13.4. The van der Waals surface area contributed by atoms with Gasteiger partial charge >= 0.3 is 0 Å². The molecule has 0 aromatic heterocycles. The van der Waals surface area contributed by atoms with Crippen LogP contribution in [-0.4, -0.2) is 30.3 Å². The molecule has 1 aliphatic rings. The summed E-state index contributed by atoms with van der Waals surface area (Å²) in [6, 6.07) is 13.0. The van der Waals surface area contributed by atoms with Crippen molar-refractivity contribution >= 4 is 17.3 Å². The van der Waals surface area contributed by atoms with Crippen LogP contribution in [0.1, 0.15) is 12.5 Å². The summed E-state index contributed by atoms with van der Waals surface area (Å²) in [7, 11) is 1.77. The number of nitrogens with zero attached hydrogens (tertiary/aromatic N) is 2. The minimum absolute atomic E-state index is 0.00881. The van der Waals surface area contributed by atoms with Crippen LogP contribution in [-0.2, 0) is 4.79 Å². The second kappa shape index (κ2) is 5.05. The number of carbonyl (C=O) groups excluding carboxylic acids is 1. The Labute approximate surface area is 123 Å². The number of hydrogen-bond donors (Lipinski definition) is 1. The summed E-state index contributed by atoms with van der Waals surface area (Å²) in [5.41, 5.74) is 4.76. The molecule has 0 saturated heterocycles. The molecule has 0 aliphatic carbocycles. The van der Waals surface area contributed by atoms with Crippen LogP contribution in [0.25, 0.3) is 11.1 Å². The van der Waals surface area contributed by atoms with Crippen molar-refractivity contribution in [3.05, 3.63) is 48.0 Å². The number of phenols is 1. The van der Waals surface area contributed by atoms with E-state index in [-0.39, 0.29) is 18.2 Å². The minimum Gasteiger partial charge on any atom is -0.508 e. The van der Waals surface area contributed by atoms with E-state index in [4.69, 9.17) is 0 Å². The molecule has 0 saturated carbocycles. The lowest BCUT2D eigenvalue weighted by Crippen LogP contribution is -2.27. The van der Waals surface area contributed by atoms with Crippen molar-refractivity contribution in [1.29, 1.82) is 0 Å². The van der Waals surface area contributed by atoms with Crippen LogP contribution in [0.5, 0.6) is 5.75 Å². The molecular formula is C17H16N2O2. The molecule has 0 fully saturated rings. The largest absolute Gasteiger partial charge is 0.508 e. The fourth-order valence-corrected chi connectivity index (χ4v) is 2.46. The number of hydrogen-bond acceptors (Lipinski definition) is 3. The number of phenolic OH excluding ortho intramolecular Hbond substituents is 1. The molecule has 1 aliphatic heterocycles. The van der Waals surface area contributed by atoms with Gasteiger partial charge in [0.25, 0.3) is 0 Å². The van der Waals surface area contributed by atoms with Crippen LogP contribution in [0.15, 0.2) is 47.5 Å². The Bertz CT molecular complexity index is 733. The molecule has 21 heavy (non-hydrogen) atoms. The van der Waals surface area contributed by atoms with Crippen LogP contribution in [0, 0.1) is 0 Å². The van der Waals surface area contributed by atoms with Gasteiger partial charge in [0.1, 0.15) is 12.3 Å². The molecule has 2 aromatic rings. The number of benzene rings is 2. The van der Waals surface area contributed by atoms with Gasteiger partial charge in [-0.1, -0.05) is 18.2 Å². The zero-order valence-corrected chi connectivity index (χ0v) is 12.0. The van der Waals surface area contributed by atoms with Gasteiger partial charge in [0.2, 0.25) is 5.91 Å². The van der Waals surface area contributed by atoms with E-state index in [1.165, 1.54) is 0 Å². The van der Waals surface area contributed by atoms with Crippen LogP contribution in [0.3, 0.4) is 0 Å². The Hall–Kier alpha value is -2.62. The van der Waals surface area contributed by atoms with Crippen molar-refractivity contribution < 1.29 is 9.90 Å². The zero-order chi connectivity index (χ0) is 15.0. The molecule has 1 N–H and O–H groups in total. The molecule has 4 nitrogen and oxygen atoms in total. The molecule has 1 heterocycles. The quantitative estimate of drug-likeness (QED) is 0.873. The summed E-state index contributed by atoms with van der Waals surface area (Å²) in [5, 5.41) is 9.38. The fraction of sp³-hybridized carbons (Fsp3) is 0.176. The van der Waals surface area contributed by atoms with E-state index in [0.29, 0.717) is 0 Å². The predicted molar refractivity (Wildman–Crippen MR) is 84.0 cm³/mol. The summed E-state index contributed by atoms with van der Waals surface area (Å²) in [6.07, 6.45) is 0. The van der Waals surface area contributed by atoms with Crippen LogP contribution in [0.4, 0.5) is 5.69 Å². The Morgan fingerprint density at radius 2 is 1.76 bits per heavy atom. The van der Waals surface area contributed by atoms with Crippen molar-refractivity contribution in [3.63, 3.8) is 0 Å². The van der Waals surface area contributed by atoms with Gasteiger partial charge < -0.3 is 10.0 Å². The smallest absolute Gasteiger partial charge is 0.248 e. The Balaban J connectivity index is 2.12. The van der Waals surface area contributed by atoms with Gasteiger partial charge in [-0.15, -0.1) is 0 Å². The molecule has 0 unspecified atom stereocenters. The maximum absolute atomic E-state index is 11.9. The monoisotopic (exact) mass is 280 g/mol. The van der Waals surface area contributed by atoms with E-state index >= 15 is 0 Å². The van der Waals surface area contributed by atoms with Crippen molar-refractivity contribution in [3.8, 4) is 16.9 Å². The molecule has 106 valence electrons.